The Hall–Kier alpha value is -2.03. The average Bonchev–Trinajstić information content (AvgIpc) is 2.68. The first-order chi connectivity index (χ1) is 10.3. The first kappa shape index (κ1) is 16.3. The summed E-state index contributed by atoms with van der Waals surface area (Å²) in [6.07, 6.45) is 3.44. The van der Waals surface area contributed by atoms with Gasteiger partial charge in [0, 0.05) is 19.2 Å². The monoisotopic (exact) mass is 327 g/mol. The minimum Gasteiger partial charge on any atom is -0.479 e. The molecule has 1 aromatic heterocycles. The van der Waals surface area contributed by atoms with Crippen molar-refractivity contribution < 1.29 is 14.7 Å². The van der Waals surface area contributed by atoms with Crippen molar-refractivity contribution in [2.45, 2.75) is 38.9 Å². The fraction of sp³-hybridized carbons (Fsp3) is 0.538. The summed E-state index contributed by atoms with van der Waals surface area (Å²) in [6, 6.07) is 0. The van der Waals surface area contributed by atoms with Gasteiger partial charge in [-0.2, -0.15) is 0 Å². The molecule has 0 saturated carbocycles. The number of carbonyl (C=O) groups excluding carboxylic acids is 1. The van der Waals surface area contributed by atoms with E-state index in [-0.39, 0.29) is 18.2 Å². The molecule has 0 bridgehead atoms. The summed E-state index contributed by atoms with van der Waals surface area (Å²) < 4.78 is 3.14. The van der Waals surface area contributed by atoms with Crippen molar-refractivity contribution in [3.63, 3.8) is 0 Å². The number of fused-ring (bicyclic) bond motifs is 1. The maximum Gasteiger partial charge on any atom is 0.348 e. The molecule has 120 valence electrons. The Morgan fingerprint density at radius 2 is 2.05 bits per heavy atom. The van der Waals surface area contributed by atoms with Gasteiger partial charge in [0.2, 0.25) is 0 Å². The SMILES string of the molecule is CC(=O)SCCCn1c(=O)n2n(c1=O)C(C)(C(=O)O)C=CC2. The number of carboxylic acids is 1. The van der Waals surface area contributed by atoms with Crippen LogP contribution >= 0.6 is 11.8 Å². The van der Waals surface area contributed by atoms with Crippen molar-refractivity contribution in [3.8, 4) is 0 Å². The second kappa shape index (κ2) is 5.99. The second-order valence-electron chi connectivity index (χ2n) is 5.16. The van der Waals surface area contributed by atoms with E-state index in [1.54, 1.807) is 6.08 Å². The number of nitrogens with zero attached hydrogens (tertiary/aromatic N) is 3. The highest BCUT2D eigenvalue weighted by molar-refractivity contribution is 8.13. The Bertz CT molecular complexity index is 757. The van der Waals surface area contributed by atoms with Gasteiger partial charge in [0.05, 0.1) is 6.54 Å². The Balaban J connectivity index is 2.35. The predicted octanol–water partition coefficient (Wildman–Crippen LogP) is -0.149. The van der Waals surface area contributed by atoms with Crippen LogP contribution in [0.5, 0.6) is 0 Å². The van der Waals surface area contributed by atoms with Gasteiger partial charge in [0.25, 0.3) is 0 Å². The number of aliphatic carboxylic acids is 1. The molecule has 0 spiro atoms. The number of thioether (sulfide) groups is 1. The van der Waals surface area contributed by atoms with Crippen LogP contribution in [-0.4, -0.2) is 35.9 Å². The van der Waals surface area contributed by atoms with Crippen molar-refractivity contribution in [1.82, 2.24) is 13.9 Å². The number of hydrogen-bond donors (Lipinski definition) is 1. The van der Waals surface area contributed by atoms with Gasteiger partial charge in [-0.1, -0.05) is 17.8 Å². The van der Waals surface area contributed by atoms with E-state index in [1.807, 2.05) is 0 Å². The maximum absolute atomic E-state index is 12.4. The maximum atomic E-state index is 12.4. The summed E-state index contributed by atoms with van der Waals surface area (Å²) >= 11 is 1.13. The van der Waals surface area contributed by atoms with Gasteiger partial charge in [0.1, 0.15) is 0 Å². The van der Waals surface area contributed by atoms with Crippen LogP contribution in [0, 0.1) is 0 Å². The van der Waals surface area contributed by atoms with Gasteiger partial charge in [-0.05, 0) is 19.4 Å². The summed E-state index contributed by atoms with van der Waals surface area (Å²) in [5.41, 5.74) is -2.75. The normalized spacial score (nSPS) is 19.9. The largest absolute Gasteiger partial charge is 0.479 e. The Kier molecular flexibility index (Phi) is 4.45. The van der Waals surface area contributed by atoms with Crippen LogP contribution in [0.2, 0.25) is 0 Å². The molecule has 9 heteroatoms. The highest BCUT2D eigenvalue weighted by atomic mass is 32.2. The first-order valence-corrected chi connectivity index (χ1v) is 7.75. The van der Waals surface area contributed by atoms with Crippen LogP contribution in [0.1, 0.15) is 20.3 Å². The van der Waals surface area contributed by atoms with Crippen LogP contribution in [0.4, 0.5) is 0 Å². The highest BCUT2D eigenvalue weighted by Gasteiger charge is 2.39. The molecule has 0 saturated heterocycles. The molecule has 1 atom stereocenters. The molecular weight excluding hydrogens is 310 g/mol. The molecule has 1 N–H and O–H groups in total. The third-order valence-corrected chi connectivity index (χ3v) is 4.43. The minimum atomic E-state index is -1.58. The molecule has 22 heavy (non-hydrogen) atoms. The van der Waals surface area contributed by atoms with E-state index in [2.05, 4.69) is 0 Å². The van der Waals surface area contributed by atoms with Crippen LogP contribution in [-0.2, 0) is 28.2 Å². The number of carboxylic acid groups (broad SMARTS) is 1. The van der Waals surface area contributed by atoms with Crippen molar-refractivity contribution in [2.75, 3.05) is 5.75 Å². The lowest BCUT2D eigenvalue weighted by atomic mass is 10.0. The van der Waals surface area contributed by atoms with Gasteiger partial charge in [-0.25, -0.2) is 28.3 Å². The Morgan fingerprint density at radius 1 is 1.36 bits per heavy atom. The molecular formula is C13H17N3O5S. The molecule has 8 nitrogen and oxygen atoms in total. The minimum absolute atomic E-state index is 0.0251. The summed E-state index contributed by atoms with van der Waals surface area (Å²) in [7, 11) is 0. The zero-order chi connectivity index (χ0) is 16.5. The fourth-order valence-corrected chi connectivity index (χ4v) is 2.94. The molecule has 2 heterocycles. The lowest BCUT2D eigenvalue weighted by molar-refractivity contribution is -0.145. The third-order valence-electron chi connectivity index (χ3n) is 3.53. The smallest absolute Gasteiger partial charge is 0.348 e. The zero-order valence-electron chi connectivity index (χ0n) is 12.3. The summed E-state index contributed by atoms with van der Waals surface area (Å²) in [4.78, 5) is 47.0. The number of allylic oxidation sites excluding steroid dienone is 1. The molecule has 2 rings (SSSR count). The highest BCUT2D eigenvalue weighted by Crippen LogP contribution is 2.19. The Labute approximate surface area is 130 Å². The topological polar surface area (TPSA) is 103 Å². The van der Waals surface area contributed by atoms with Crippen LogP contribution in [0.15, 0.2) is 21.7 Å². The van der Waals surface area contributed by atoms with Crippen LogP contribution in [0.3, 0.4) is 0 Å². The quantitative estimate of drug-likeness (QED) is 0.596. The standard InChI is InChI=1S/C13H17N3O5S/c1-9(17)22-8-4-6-14-11(20)15-7-3-5-13(2,10(18)19)16(15)12(14)21/h3,5H,4,6-8H2,1-2H3,(H,18,19). The van der Waals surface area contributed by atoms with Crippen molar-refractivity contribution in [2.24, 2.45) is 0 Å². The average molecular weight is 327 g/mol. The molecule has 1 aliphatic heterocycles. The molecule has 1 unspecified atom stereocenters. The molecule has 0 amide bonds. The van der Waals surface area contributed by atoms with Crippen molar-refractivity contribution in [1.29, 1.82) is 0 Å². The molecule has 0 aliphatic carbocycles. The molecule has 1 aromatic rings. The van der Waals surface area contributed by atoms with E-state index >= 15 is 0 Å². The number of carbonyl (C=O) groups is 2. The van der Waals surface area contributed by atoms with E-state index in [0.29, 0.717) is 12.2 Å². The molecule has 1 aliphatic rings. The van der Waals surface area contributed by atoms with Gasteiger partial charge < -0.3 is 5.11 Å². The van der Waals surface area contributed by atoms with E-state index < -0.39 is 22.9 Å². The summed E-state index contributed by atoms with van der Waals surface area (Å²) in [5, 5.41) is 9.34. The van der Waals surface area contributed by atoms with Gasteiger partial charge >= 0.3 is 17.3 Å². The lowest BCUT2D eigenvalue weighted by Crippen LogP contribution is -2.48. The molecule has 0 radical (unpaired) electrons. The van der Waals surface area contributed by atoms with Crippen LogP contribution < -0.4 is 11.4 Å². The van der Waals surface area contributed by atoms with Crippen molar-refractivity contribution >= 4 is 22.8 Å². The number of aromatic nitrogens is 3. The predicted molar refractivity (Wildman–Crippen MR) is 81.1 cm³/mol. The number of hydrogen-bond acceptors (Lipinski definition) is 5. The lowest BCUT2D eigenvalue weighted by Gasteiger charge is -2.27. The van der Waals surface area contributed by atoms with E-state index in [0.717, 1.165) is 25.7 Å². The van der Waals surface area contributed by atoms with E-state index in [9.17, 15) is 24.3 Å². The van der Waals surface area contributed by atoms with Gasteiger partial charge in [-0.3, -0.25) is 4.79 Å². The molecule has 0 fully saturated rings. The van der Waals surface area contributed by atoms with E-state index in [4.69, 9.17) is 0 Å². The first-order valence-electron chi connectivity index (χ1n) is 6.76. The van der Waals surface area contributed by atoms with E-state index in [1.165, 1.54) is 19.9 Å². The van der Waals surface area contributed by atoms with Gasteiger partial charge in [-0.15, -0.1) is 0 Å². The second-order valence-corrected chi connectivity index (χ2v) is 6.43. The fourth-order valence-electron chi connectivity index (χ4n) is 2.38. The molecule has 0 aromatic carbocycles. The van der Waals surface area contributed by atoms with Crippen molar-refractivity contribution in [3.05, 3.63) is 33.1 Å². The summed E-state index contributed by atoms with van der Waals surface area (Å²) in [5.74, 6) is -0.704. The number of rotatable bonds is 5. The van der Waals surface area contributed by atoms with Crippen LogP contribution in [0.25, 0.3) is 0 Å². The Morgan fingerprint density at radius 3 is 2.64 bits per heavy atom. The summed E-state index contributed by atoms with van der Waals surface area (Å²) in [6.45, 7) is 3.14. The van der Waals surface area contributed by atoms with Gasteiger partial charge in [0.15, 0.2) is 10.7 Å². The zero-order valence-corrected chi connectivity index (χ0v) is 13.1. The third kappa shape index (κ3) is 2.68.